The van der Waals surface area contributed by atoms with Gasteiger partial charge in [-0.25, -0.2) is 13.6 Å². The second-order valence-corrected chi connectivity index (χ2v) is 6.28. The third-order valence-electron chi connectivity index (χ3n) is 2.91. The summed E-state index contributed by atoms with van der Waals surface area (Å²) in [4.78, 5) is 22.5. The van der Waals surface area contributed by atoms with Crippen LogP contribution in [0.2, 0.25) is 0 Å². The zero-order valence-electron chi connectivity index (χ0n) is 12.2. The Morgan fingerprint density at radius 2 is 2.05 bits per heavy atom. The highest BCUT2D eigenvalue weighted by molar-refractivity contribution is 7.89. The summed E-state index contributed by atoms with van der Waals surface area (Å²) in [6.07, 6.45) is 0.161. The van der Waals surface area contributed by atoms with Crippen molar-refractivity contribution in [3.05, 3.63) is 23.8 Å². The highest BCUT2D eigenvalue weighted by atomic mass is 32.2. The molecule has 0 heterocycles. The molecule has 0 bridgehead atoms. The Hall–Kier alpha value is -2.13. The van der Waals surface area contributed by atoms with Crippen molar-refractivity contribution in [1.82, 2.24) is 5.32 Å². The maximum Gasteiger partial charge on any atom is 0.303 e. The number of primary sulfonamides is 1. The molecule has 8 nitrogen and oxygen atoms in total. The van der Waals surface area contributed by atoms with Crippen LogP contribution >= 0.6 is 0 Å². The van der Waals surface area contributed by atoms with Crippen molar-refractivity contribution in [2.75, 3.05) is 7.11 Å². The fourth-order valence-corrected chi connectivity index (χ4v) is 2.30. The fourth-order valence-electron chi connectivity index (χ4n) is 1.76. The number of ether oxygens (including phenoxy) is 1. The molecule has 4 N–H and O–H groups in total. The van der Waals surface area contributed by atoms with Crippen molar-refractivity contribution in [3.63, 3.8) is 0 Å². The van der Waals surface area contributed by atoms with Gasteiger partial charge in [0.2, 0.25) is 10.0 Å². The van der Waals surface area contributed by atoms with Crippen LogP contribution in [0.3, 0.4) is 0 Å². The van der Waals surface area contributed by atoms with Gasteiger partial charge < -0.3 is 15.2 Å². The first kappa shape index (κ1) is 17.9. The summed E-state index contributed by atoms with van der Waals surface area (Å²) in [7, 11) is -2.60. The molecule has 1 amide bonds. The summed E-state index contributed by atoms with van der Waals surface area (Å²) in [6.45, 7) is 1.65. The molecule has 0 aliphatic heterocycles. The first-order chi connectivity index (χ1) is 10.1. The van der Waals surface area contributed by atoms with Crippen LogP contribution in [0.15, 0.2) is 23.1 Å². The number of carboxylic acids is 1. The molecule has 0 radical (unpaired) electrons. The number of carbonyl (C=O) groups is 2. The number of amides is 1. The number of carbonyl (C=O) groups excluding carboxylic acids is 1. The van der Waals surface area contributed by atoms with Gasteiger partial charge in [0.15, 0.2) is 0 Å². The molecule has 1 rings (SSSR count). The number of sulfonamides is 1. The van der Waals surface area contributed by atoms with Crippen LogP contribution in [0.4, 0.5) is 0 Å². The summed E-state index contributed by atoms with van der Waals surface area (Å²) in [5, 5.41) is 16.2. The maximum atomic E-state index is 12.2. The van der Waals surface area contributed by atoms with Crippen LogP contribution < -0.4 is 15.2 Å². The first-order valence-electron chi connectivity index (χ1n) is 6.38. The predicted octanol–water partition coefficient (Wildman–Crippen LogP) is 0.326. The first-order valence-corrected chi connectivity index (χ1v) is 7.93. The summed E-state index contributed by atoms with van der Waals surface area (Å²) in [5.41, 5.74) is 0.0104. The number of methoxy groups -OCH3 is 1. The van der Waals surface area contributed by atoms with Gasteiger partial charge in [-0.2, -0.15) is 0 Å². The SMILES string of the molecule is COc1ccc(S(N)(=O)=O)cc1C(=O)NC(C)CCC(=O)O. The number of rotatable bonds is 7. The summed E-state index contributed by atoms with van der Waals surface area (Å²) >= 11 is 0. The number of carboxylic acid groups (broad SMARTS) is 1. The zero-order chi connectivity index (χ0) is 16.9. The van der Waals surface area contributed by atoms with Crippen LogP contribution in [0.5, 0.6) is 5.75 Å². The minimum Gasteiger partial charge on any atom is -0.496 e. The zero-order valence-corrected chi connectivity index (χ0v) is 13.0. The molecule has 1 atom stereocenters. The molecule has 0 aliphatic rings. The van der Waals surface area contributed by atoms with E-state index in [2.05, 4.69) is 5.32 Å². The van der Waals surface area contributed by atoms with Crippen LogP contribution in [0, 0.1) is 0 Å². The smallest absolute Gasteiger partial charge is 0.303 e. The second-order valence-electron chi connectivity index (χ2n) is 4.71. The van der Waals surface area contributed by atoms with Gasteiger partial charge in [0.1, 0.15) is 5.75 Å². The normalized spacial score (nSPS) is 12.5. The van der Waals surface area contributed by atoms with Gasteiger partial charge in [-0.1, -0.05) is 0 Å². The van der Waals surface area contributed by atoms with Gasteiger partial charge in [0.25, 0.3) is 5.91 Å². The molecule has 1 aromatic carbocycles. The molecule has 0 spiro atoms. The third-order valence-corrected chi connectivity index (χ3v) is 3.82. The molecule has 1 aromatic rings. The standard InChI is InChI=1S/C13H18N2O6S/c1-8(3-6-12(16)17)15-13(18)10-7-9(22(14,19)20)4-5-11(10)21-2/h4-5,7-8H,3,6H2,1-2H3,(H,15,18)(H,16,17)(H2,14,19,20). The van der Waals surface area contributed by atoms with Gasteiger partial charge in [-0.05, 0) is 31.5 Å². The lowest BCUT2D eigenvalue weighted by atomic mass is 10.1. The minimum atomic E-state index is -3.95. The number of nitrogens with two attached hydrogens (primary N) is 1. The molecule has 0 saturated carbocycles. The lowest BCUT2D eigenvalue weighted by Crippen LogP contribution is -2.33. The molecule has 0 saturated heterocycles. The van der Waals surface area contributed by atoms with E-state index < -0.39 is 27.9 Å². The Bertz CT molecular complexity index is 671. The lowest BCUT2D eigenvalue weighted by Gasteiger charge is -2.15. The van der Waals surface area contributed by atoms with Crippen molar-refractivity contribution < 1.29 is 27.9 Å². The van der Waals surface area contributed by atoms with E-state index in [1.54, 1.807) is 6.92 Å². The third kappa shape index (κ3) is 5.01. The number of hydrogen-bond acceptors (Lipinski definition) is 5. The van der Waals surface area contributed by atoms with Gasteiger partial charge in [-0.3, -0.25) is 9.59 Å². The number of aliphatic carboxylic acids is 1. The van der Waals surface area contributed by atoms with Crippen molar-refractivity contribution in [3.8, 4) is 5.75 Å². The highest BCUT2D eigenvalue weighted by Gasteiger charge is 2.18. The number of benzene rings is 1. The fraction of sp³-hybridized carbons (Fsp3) is 0.385. The quantitative estimate of drug-likeness (QED) is 0.659. The highest BCUT2D eigenvalue weighted by Crippen LogP contribution is 2.22. The van der Waals surface area contributed by atoms with Crippen LogP contribution in [0.25, 0.3) is 0 Å². The minimum absolute atomic E-state index is 0.0104. The molecular formula is C13H18N2O6S. The maximum absolute atomic E-state index is 12.2. The second kappa shape index (κ2) is 7.23. The van der Waals surface area contributed by atoms with Crippen LogP contribution in [-0.4, -0.2) is 38.6 Å². The van der Waals surface area contributed by atoms with E-state index in [1.165, 1.54) is 19.2 Å². The monoisotopic (exact) mass is 330 g/mol. The molecule has 0 fully saturated rings. The van der Waals surface area contributed by atoms with E-state index >= 15 is 0 Å². The van der Waals surface area contributed by atoms with E-state index in [9.17, 15) is 18.0 Å². The van der Waals surface area contributed by atoms with Gasteiger partial charge in [-0.15, -0.1) is 0 Å². The Kier molecular flexibility index (Phi) is 5.89. The topological polar surface area (TPSA) is 136 Å². The van der Waals surface area contributed by atoms with E-state index in [-0.39, 0.29) is 29.1 Å². The average molecular weight is 330 g/mol. The summed E-state index contributed by atoms with van der Waals surface area (Å²) in [5.74, 6) is -1.34. The average Bonchev–Trinajstić information content (AvgIpc) is 2.43. The van der Waals surface area contributed by atoms with Gasteiger partial charge in [0.05, 0.1) is 17.6 Å². The largest absolute Gasteiger partial charge is 0.496 e. The molecule has 22 heavy (non-hydrogen) atoms. The van der Waals surface area contributed by atoms with E-state index in [0.717, 1.165) is 6.07 Å². The predicted molar refractivity (Wildman–Crippen MR) is 78.2 cm³/mol. The van der Waals surface area contributed by atoms with E-state index in [0.29, 0.717) is 0 Å². The van der Waals surface area contributed by atoms with Crippen LogP contribution in [0.1, 0.15) is 30.1 Å². The Labute approximate surface area is 128 Å². The Morgan fingerprint density at radius 3 is 2.55 bits per heavy atom. The summed E-state index contributed by atoms with van der Waals surface area (Å²) < 4.78 is 27.7. The van der Waals surface area contributed by atoms with Crippen molar-refractivity contribution in [2.24, 2.45) is 5.14 Å². The molecule has 122 valence electrons. The van der Waals surface area contributed by atoms with Crippen molar-refractivity contribution in [2.45, 2.75) is 30.7 Å². The number of nitrogens with one attached hydrogen (secondary N) is 1. The molecule has 0 aliphatic carbocycles. The lowest BCUT2D eigenvalue weighted by molar-refractivity contribution is -0.137. The Balaban J connectivity index is 2.98. The number of hydrogen-bond donors (Lipinski definition) is 3. The van der Waals surface area contributed by atoms with Gasteiger partial charge in [0, 0.05) is 12.5 Å². The molecular weight excluding hydrogens is 312 g/mol. The van der Waals surface area contributed by atoms with Crippen LogP contribution in [-0.2, 0) is 14.8 Å². The van der Waals surface area contributed by atoms with Gasteiger partial charge >= 0.3 is 5.97 Å². The van der Waals surface area contributed by atoms with E-state index in [4.69, 9.17) is 15.0 Å². The Morgan fingerprint density at radius 1 is 1.41 bits per heavy atom. The molecule has 0 aromatic heterocycles. The van der Waals surface area contributed by atoms with Crippen molar-refractivity contribution >= 4 is 21.9 Å². The van der Waals surface area contributed by atoms with E-state index in [1.807, 2.05) is 0 Å². The summed E-state index contributed by atoms with van der Waals surface area (Å²) in [6, 6.07) is 3.29. The molecule has 1 unspecified atom stereocenters. The molecule has 9 heteroatoms. The van der Waals surface area contributed by atoms with Crippen molar-refractivity contribution in [1.29, 1.82) is 0 Å².